The van der Waals surface area contributed by atoms with Gasteiger partial charge in [-0.25, -0.2) is 15.0 Å². The number of halogens is 1. The maximum atomic E-state index is 12.3. The first kappa shape index (κ1) is 14.2. The van der Waals surface area contributed by atoms with Gasteiger partial charge in [0.1, 0.15) is 12.0 Å². The lowest BCUT2D eigenvalue weighted by Crippen LogP contribution is -2.33. The number of carbonyl (C=O) groups excluding carboxylic acids is 1. The molecule has 1 amide bonds. The van der Waals surface area contributed by atoms with Gasteiger partial charge >= 0.3 is 0 Å². The molecule has 4 rings (SSSR count). The molecule has 2 N–H and O–H groups in total. The Morgan fingerprint density at radius 2 is 2.09 bits per heavy atom. The molecule has 116 valence electrons. The summed E-state index contributed by atoms with van der Waals surface area (Å²) in [5.74, 6) is 0.688. The molecule has 0 aliphatic carbocycles. The number of anilines is 1. The first-order chi connectivity index (χ1) is 11.2. The summed E-state index contributed by atoms with van der Waals surface area (Å²) < 4.78 is 0.823. The maximum Gasteiger partial charge on any atom is 0.241 e. The number of H-pyrrole nitrogens is 1. The lowest BCUT2D eigenvalue weighted by Gasteiger charge is -2.26. The average Bonchev–Trinajstić information content (AvgIpc) is 3.12. The molecule has 0 unspecified atom stereocenters. The highest BCUT2D eigenvalue weighted by atomic mass is 79.9. The number of hydrogen-bond donors (Lipinski definition) is 2. The van der Waals surface area contributed by atoms with E-state index < -0.39 is 0 Å². The Morgan fingerprint density at radius 1 is 1.26 bits per heavy atom. The van der Waals surface area contributed by atoms with Crippen LogP contribution in [0.3, 0.4) is 0 Å². The summed E-state index contributed by atoms with van der Waals surface area (Å²) in [7, 11) is 0. The molecule has 0 spiro atoms. The minimum absolute atomic E-state index is 0.0103. The van der Waals surface area contributed by atoms with Crippen LogP contribution in [0.5, 0.6) is 0 Å². The summed E-state index contributed by atoms with van der Waals surface area (Å²) in [5, 5.41) is 2.52. The fourth-order valence-electron chi connectivity index (χ4n) is 2.93. The van der Waals surface area contributed by atoms with Crippen molar-refractivity contribution >= 4 is 38.7 Å². The van der Waals surface area contributed by atoms with Gasteiger partial charge in [0.15, 0.2) is 5.82 Å². The van der Waals surface area contributed by atoms with E-state index >= 15 is 0 Å². The van der Waals surface area contributed by atoms with E-state index in [1.165, 1.54) is 6.33 Å². The highest BCUT2D eigenvalue weighted by Gasteiger charge is 2.33. The van der Waals surface area contributed by atoms with E-state index in [4.69, 9.17) is 0 Å². The zero-order valence-electron chi connectivity index (χ0n) is 12.2. The number of hydrogen-bond acceptors (Lipinski definition) is 4. The first-order valence-electron chi connectivity index (χ1n) is 7.35. The van der Waals surface area contributed by atoms with Gasteiger partial charge in [0.25, 0.3) is 0 Å². The molecule has 7 heteroatoms. The van der Waals surface area contributed by atoms with Crippen LogP contribution in [0.25, 0.3) is 11.0 Å². The van der Waals surface area contributed by atoms with Gasteiger partial charge in [-0.3, -0.25) is 10.2 Å². The number of nitrogens with one attached hydrogen (secondary N) is 2. The minimum atomic E-state index is 0.0103. The van der Waals surface area contributed by atoms with Crippen molar-refractivity contribution in [1.29, 1.82) is 0 Å². The summed E-state index contributed by atoms with van der Waals surface area (Å²) in [6, 6.07) is 11.9. The summed E-state index contributed by atoms with van der Waals surface area (Å²) in [6.07, 6.45) is 2.80. The Bertz CT molecular complexity index is 863. The standard InChI is InChI=1S/C16H14BrN5O/c17-13-8-11-15(20-13)18-9-19-16(11)21-22-12(6-7-14(22)23)10-4-2-1-3-5-10/h1-5,8-9,12H,6-7H2,(H2,18,19,20,21)/t12-/m0/s1. The number of aromatic nitrogens is 3. The summed E-state index contributed by atoms with van der Waals surface area (Å²) >= 11 is 3.40. The Kier molecular flexibility index (Phi) is 3.49. The zero-order chi connectivity index (χ0) is 15.8. The summed E-state index contributed by atoms with van der Waals surface area (Å²) in [5.41, 5.74) is 5.02. The Balaban J connectivity index is 1.69. The fourth-order valence-corrected chi connectivity index (χ4v) is 3.34. The second-order valence-corrected chi connectivity index (χ2v) is 6.30. The van der Waals surface area contributed by atoms with Crippen LogP contribution >= 0.6 is 15.9 Å². The van der Waals surface area contributed by atoms with Crippen LogP contribution in [0, 0.1) is 0 Å². The van der Waals surface area contributed by atoms with Crippen molar-refractivity contribution in [2.45, 2.75) is 18.9 Å². The van der Waals surface area contributed by atoms with E-state index in [1.54, 1.807) is 5.01 Å². The lowest BCUT2D eigenvalue weighted by atomic mass is 10.1. The molecule has 1 saturated heterocycles. The normalized spacial score (nSPS) is 17.9. The van der Waals surface area contributed by atoms with E-state index in [-0.39, 0.29) is 11.9 Å². The molecule has 3 heterocycles. The molecule has 1 fully saturated rings. The molecular formula is C16H14BrN5O. The van der Waals surface area contributed by atoms with E-state index in [9.17, 15) is 4.79 Å². The molecule has 23 heavy (non-hydrogen) atoms. The van der Waals surface area contributed by atoms with Crippen molar-refractivity contribution in [1.82, 2.24) is 20.0 Å². The van der Waals surface area contributed by atoms with Crippen molar-refractivity contribution < 1.29 is 4.79 Å². The van der Waals surface area contributed by atoms with Crippen molar-refractivity contribution in [2.24, 2.45) is 0 Å². The molecule has 0 saturated carbocycles. The van der Waals surface area contributed by atoms with Gasteiger partial charge in [-0.15, -0.1) is 0 Å². The number of fused-ring (bicyclic) bond motifs is 1. The van der Waals surface area contributed by atoms with Crippen LogP contribution in [0.2, 0.25) is 0 Å². The number of rotatable bonds is 3. The van der Waals surface area contributed by atoms with Gasteiger partial charge in [0.2, 0.25) is 5.91 Å². The first-order valence-corrected chi connectivity index (χ1v) is 8.14. The van der Waals surface area contributed by atoms with Crippen molar-refractivity contribution in [2.75, 3.05) is 5.43 Å². The molecule has 0 bridgehead atoms. The number of nitrogens with zero attached hydrogens (tertiary/aromatic N) is 3. The smallest absolute Gasteiger partial charge is 0.241 e. The van der Waals surface area contributed by atoms with Crippen molar-refractivity contribution in [3.63, 3.8) is 0 Å². The van der Waals surface area contributed by atoms with E-state index in [0.717, 1.165) is 27.6 Å². The molecule has 0 radical (unpaired) electrons. The van der Waals surface area contributed by atoms with Crippen LogP contribution < -0.4 is 5.43 Å². The third-order valence-corrected chi connectivity index (χ3v) is 4.44. The average molecular weight is 372 g/mol. The topological polar surface area (TPSA) is 73.9 Å². The maximum absolute atomic E-state index is 12.3. The van der Waals surface area contributed by atoms with Crippen LogP contribution in [0.1, 0.15) is 24.4 Å². The molecule has 3 aromatic rings. The number of carbonyl (C=O) groups is 1. The van der Waals surface area contributed by atoms with Gasteiger partial charge in [0, 0.05) is 6.42 Å². The van der Waals surface area contributed by atoms with Gasteiger partial charge in [-0.2, -0.15) is 0 Å². The third-order valence-electron chi connectivity index (χ3n) is 4.02. The Hall–Kier alpha value is -2.41. The zero-order valence-corrected chi connectivity index (χ0v) is 13.7. The molecule has 1 aromatic carbocycles. The lowest BCUT2D eigenvalue weighted by molar-refractivity contribution is -0.127. The van der Waals surface area contributed by atoms with Crippen LogP contribution in [0.4, 0.5) is 5.82 Å². The van der Waals surface area contributed by atoms with Crippen LogP contribution in [-0.2, 0) is 4.79 Å². The number of benzene rings is 1. The predicted molar refractivity (Wildman–Crippen MR) is 90.5 cm³/mol. The second kappa shape index (κ2) is 5.66. The van der Waals surface area contributed by atoms with E-state index in [2.05, 4.69) is 36.3 Å². The minimum Gasteiger partial charge on any atom is -0.334 e. The quantitative estimate of drug-likeness (QED) is 0.739. The number of amides is 1. The second-order valence-electron chi connectivity index (χ2n) is 5.44. The fraction of sp³-hybridized carbons (Fsp3) is 0.188. The molecule has 6 nitrogen and oxygen atoms in total. The Labute approximate surface area is 141 Å². The Morgan fingerprint density at radius 3 is 2.91 bits per heavy atom. The highest BCUT2D eigenvalue weighted by Crippen LogP contribution is 2.33. The van der Waals surface area contributed by atoms with Gasteiger partial charge in [-0.1, -0.05) is 30.3 Å². The molecule has 1 atom stereocenters. The molecule has 2 aromatic heterocycles. The van der Waals surface area contributed by atoms with Crippen molar-refractivity contribution in [3.8, 4) is 0 Å². The summed E-state index contributed by atoms with van der Waals surface area (Å²) in [4.78, 5) is 23.9. The summed E-state index contributed by atoms with van der Waals surface area (Å²) in [6.45, 7) is 0. The predicted octanol–water partition coefficient (Wildman–Crippen LogP) is 3.41. The molecule has 1 aliphatic rings. The SMILES string of the molecule is O=C1CC[C@@H](c2ccccc2)N1Nc1ncnc2[nH]c(Br)cc12. The third kappa shape index (κ3) is 2.57. The van der Waals surface area contributed by atoms with Gasteiger partial charge in [0.05, 0.1) is 16.0 Å². The van der Waals surface area contributed by atoms with E-state index in [1.807, 2.05) is 36.4 Å². The number of aromatic amines is 1. The van der Waals surface area contributed by atoms with Crippen molar-refractivity contribution in [3.05, 3.63) is 52.9 Å². The molecular weight excluding hydrogens is 358 g/mol. The largest absolute Gasteiger partial charge is 0.334 e. The molecule has 1 aliphatic heterocycles. The number of hydrazine groups is 1. The van der Waals surface area contributed by atoms with E-state index in [0.29, 0.717) is 12.2 Å². The van der Waals surface area contributed by atoms with Gasteiger partial charge in [-0.05, 0) is 34.0 Å². The van der Waals surface area contributed by atoms with Gasteiger partial charge < -0.3 is 4.98 Å². The monoisotopic (exact) mass is 371 g/mol. The van der Waals surface area contributed by atoms with Crippen LogP contribution in [-0.4, -0.2) is 25.9 Å². The highest BCUT2D eigenvalue weighted by molar-refractivity contribution is 9.10. The van der Waals surface area contributed by atoms with Crippen LogP contribution in [0.15, 0.2) is 47.3 Å².